The van der Waals surface area contributed by atoms with E-state index in [2.05, 4.69) is 32.0 Å². The minimum atomic E-state index is 0.735. The molecule has 144 valence electrons. The van der Waals surface area contributed by atoms with E-state index < -0.39 is 0 Å². The first-order chi connectivity index (χ1) is 13.4. The fourth-order valence-electron chi connectivity index (χ4n) is 3.72. The number of pyridine rings is 2. The highest BCUT2D eigenvalue weighted by atomic mass is 32.2. The third kappa shape index (κ3) is 5.05. The van der Waals surface area contributed by atoms with Crippen LogP contribution in [0.15, 0.2) is 41.6 Å². The van der Waals surface area contributed by atoms with Gasteiger partial charge < -0.3 is 20.7 Å². The molecule has 0 radical (unpaired) electrons. The number of hydrogen-bond donors (Lipinski definition) is 3. The largest absolute Gasteiger partial charge is 0.488 e. The molecule has 1 aliphatic carbocycles. The molecule has 6 nitrogen and oxygen atoms in total. The Balaban J connectivity index is 0.000000102. The Morgan fingerprint density at radius 3 is 2.52 bits per heavy atom. The summed E-state index contributed by atoms with van der Waals surface area (Å²) in [5.74, 6) is 4.96. The van der Waals surface area contributed by atoms with Crippen molar-refractivity contribution in [3.05, 3.63) is 36.7 Å². The Labute approximate surface area is 164 Å². The molecule has 0 amide bonds. The van der Waals surface area contributed by atoms with Gasteiger partial charge in [0, 0.05) is 35.6 Å². The average molecular weight is 386 g/mol. The summed E-state index contributed by atoms with van der Waals surface area (Å²) in [4.78, 5) is 9.54. The van der Waals surface area contributed by atoms with Crippen molar-refractivity contribution in [1.29, 1.82) is 0 Å². The zero-order chi connectivity index (χ0) is 18.3. The molecule has 27 heavy (non-hydrogen) atoms. The summed E-state index contributed by atoms with van der Waals surface area (Å²) in [5.41, 5.74) is 0. The number of anilines is 2. The molecule has 6 rings (SSSR count). The maximum Gasteiger partial charge on any atom is 0.168 e. The molecular formula is C20H27N5OS. The van der Waals surface area contributed by atoms with Gasteiger partial charge in [0.15, 0.2) is 11.6 Å². The van der Waals surface area contributed by atoms with Crippen molar-refractivity contribution < 1.29 is 4.74 Å². The Morgan fingerprint density at radius 1 is 1.00 bits per heavy atom. The van der Waals surface area contributed by atoms with Gasteiger partial charge in [0.1, 0.15) is 12.4 Å². The third-order valence-electron chi connectivity index (χ3n) is 5.08. The summed E-state index contributed by atoms with van der Waals surface area (Å²) in [6, 6.07) is 8.77. The third-order valence-corrected chi connectivity index (χ3v) is 6.13. The number of nitrogens with one attached hydrogen (secondary N) is 3. The van der Waals surface area contributed by atoms with Crippen molar-refractivity contribution in [2.75, 3.05) is 42.6 Å². The van der Waals surface area contributed by atoms with E-state index in [1.54, 1.807) is 6.20 Å². The Morgan fingerprint density at radius 2 is 1.85 bits per heavy atom. The van der Waals surface area contributed by atoms with Crippen LogP contribution in [0.3, 0.4) is 0 Å². The lowest BCUT2D eigenvalue weighted by molar-refractivity contribution is 0.321. The van der Waals surface area contributed by atoms with Crippen molar-refractivity contribution in [2.24, 2.45) is 5.92 Å². The first-order valence-electron chi connectivity index (χ1n) is 9.75. The zero-order valence-corrected chi connectivity index (χ0v) is 16.3. The maximum atomic E-state index is 5.30. The topological polar surface area (TPSA) is 71.1 Å². The lowest BCUT2D eigenvalue weighted by atomic mass is 10.1. The van der Waals surface area contributed by atoms with Crippen LogP contribution in [0.1, 0.15) is 19.3 Å². The predicted molar refractivity (Wildman–Crippen MR) is 111 cm³/mol. The Kier molecular flexibility index (Phi) is 6.32. The molecule has 1 saturated heterocycles. The molecule has 3 aliphatic heterocycles. The van der Waals surface area contributed by atoms with Crippen LogP contribution in [0.25, 0.3) is 0 Å². The quantitative estimate of drug-likeness (QED) is 0.643. The van der Waals surface area contributed by atoms with Crippen molar-refractivity contribution in [1.82, 2.24) is 15.3 Å². The predicted octanol–water partition coefficient (Wildman–Crippen LogP) is 3.24. The van der Waals surface area contributed by atoms with Gasteiger partial charge in [0.25, 0.3) is 0 Å². The van der Waals surface area contributed by atoms with Crippen molar-refractivity contribution in [3.8, 4) is 5.75 Å². The highest BCUT2D eigenvalue weighted by molar-refractivity contribution is 7.99. The van der Waals surface area contributed by atoms with Gasteiger partial charge in [-0.1, -0.05) is 0 Å². The van der Waals surface area contributed by atoms with Crippen LogP contribution in [0.2, 0.25) is 0 Å². The number of fused-ring (bicyclic) bond motifs is 4. The van der Waals surface area contributed by atoms with Gasteiger partial charge in [0.2, 0.25) is 0 Å². The van der Waals surface area contributed by atoms with Crippen molar-refractivity contribution in [2.45, 2.75) is 30.2 Å². The molecular weight excluding hydrogens is 358 g/mol. The zero-order valence-electron chi connectivity index (χ0n) is 15.5. The van der Waals surface area contributed by atoms with Gasteiger partial charge in [-0.25, -0.2) is 9.97 Å². The highest BCUT2D eigenvalue weighted by Gasteiger charge is 2.30. The van der Waals surface area contributed by atoms with Gasteiger partial charge in [-0.05, 0) is 56.0 Å². The number of hydrogen-bond acceptors (Lipinski definition) is 7. The molecule has 2 unspecified atom stereocenters. The van der Waals surface area contributed by atoms with Gasteiger partial charge in [0.05, 0.1) is 6.54 Å². The fraction of sp³-hybridized carbons (Fsp3) is 0.500. The van der Waals surface area contributed by atoms with E-state index in [0.717, 1.165) is 54.8 Å². The first-order valence-corrected chi connectivity index (χ1v) is 10.7. The summed E-state index contributed by atoms with van der Waals surface area (Å²) in [6.07, 6.45) is 7.99. The second-order valence-corrected chi connectivity index (χ2v) is 8.17. The monoisotopic (exact) mass is 385 g/mol. The van der Waals surface area contributed by atoms with Crippen LogP contribution in [0, 0.1) is 5.92 Å². The van der Waals surface area contributed by atoms with Crippen LogP contribution in [-0.4, -0.2) is 48.0 Å². The van der Waals surface area contributed by atoms with Crippen LogP contribution in [-0.2, 0) is 0 Å². The standard InChI is InChI=1S/C7H8N2O.C7H8N2S.C6H11N/c2*1-2-6-7(8-3-1)9-4-5-10-6;1-2-6-3-5(1)4-7-6/h2*1-3H,4-5H2,(H,8,9);5-7H,1-4H2. The molecule has 0 aromatic carbocycles. The van der Waals surface area contributed by atoms with Crippen LogP contribution in [0.4, 0.5) is 11.6 Å². The fourth-order valence-corrected chi connectivity index (χ4v) is 4.58. The maximum absolute atomic E-state index is 5.30. The van der Waals surface area contributed by atoms with Crippen LogP contribution in [0.5, 0.6) is 5.75 Å². The number of ether oxygens (including phenoxy) is 1. The van der Waals surface area contributed by atoms with Crippen LogP contribution < -0.4 is 20.7 Å². The van der Waals surface area contributed by atoms with Gasteiger partial charge >= 0.3 is 0 Å². The van der Waals surface area contributed by atoms with E-state index in [0.29, 0.717) is 0 Å². The highest BCUT2D eigenvalue weighted by Crippen LogP contribution is 2.30. The number of thioether (sulfide) groups is 1. The summed E-state index contributed by atoms with van der Waals surface area (Å²) < 4.78 is 5.30. The number of piperidine rings is 1. The molecule has 2 bridgehead atoms. The Hall–Kier alpha value is -1.99. The lowest BCUT2D eigenvalue weighted by Crippen LogP contribution is -2.23. The second kappa shape index (κ2) is 9.28. The van der Waals surface area contributed by atoms with Gasteiger partial charge in [-0.2, -0.15) is 0 Å². The molecule has 3 N–H and O–H groups in total. The molecule has 2 aromatic rings. The minimum absolute atomic E-state index is 0.735. The van der Waals surface area contributed by atoms with Crippen molar-refractivity contribution >= 4 is 23.4 Å². The summed E-state index contributed by atoms with van der Waals surface area (Å²) in [7, 11) is 0. The van der Waals surface area contributed by atoms with E-state index in [1.165, 1.54) is 30.7 Å². The van der Waals surface area contributed by atoms with E-state index in [4.69, 9.17) is 4.74 Å². The average Bonchev–Trinajstić information content (AvgIpc) is 3.41. The molecule has 2 atom stereocenters. The van der Waals surface area contributed by atoms with Crippen molar-refractivity contribution in [3.63, 3.8) is 0 Å². The number of rotatable bonds is 0. The van der Waals surface area contributed by atoms with E-state index >= 15 is 0 Å². The van der Waals surface area contributed by atoms with E-state index in [9.17, 15) is 0 Å². The number of nitrogens with zero attached hydrogens (tertiary/aromatic N) is 2. The number of aromatic nitrogens is 2. The molecule has 7 heteroatoms. The first kappa shape index (κ1) is 18.4. The molecule has 4 aliphatic rings. The van der Waals surface area contributed by atoms with Gasteiger partial charge in [-0.15, -0.1) is 11.8 Å². The SMILES string of the molecule is C1CC2CC1CN2.c1cnc2c(c1)OCCN2.c1cnc2c(c1)SCCN2. The summed E-state index contributed by atoms with van der Waals surface area (Å²) >= 11 is 1.86. The normalized spacial score (nSPS) is 23.7. The molecule has 2 aromatic heterocycles. The molecule has 1 saturated carbocycles. The molecule has 2 fully saturated rings. The minimum Gasteiger partial charge on any atom is -0.488 e. The smallest absolute Gasteiger partial charge is 0.168 e. The van der Waals surface area contributed by atoms with Gasteiger partial charge in [-0.3, -0.25) is 0 Å². The molecule has 0 spiro atoms. The van der Waals surface area contributed by atoms with Crippen LogP contribution >= 0.6 is 11.8 Å². The lowest BCUT2D eigenvalue weighted by Gasteiger charge is -2.16. The van der Waals surface area contributed by atoms with E-state index in [1.807, 2.05) is 36.2 Å². The summed E-state index contributed by atoms with van der Waals surface area (Å²) in [5, 5.41) is 9.81. The Bertz CT molecular complexity index is 624. The second-order valence-electron chi connectivity index (χ2n) is 7.04. The molecule has 5 heterocycles. The summed E-state index contributed by atoms with van der Waals surface area (Å²) in [6.45, 7) is 3.93. The van der Waals surface area contributed by atoms with E-state index in [-0.39, 0.29) is 0 Å².